The Labute approximate surface area is 189 Å². The van der Waals surface area contributed by atoms with Crippen molar-refractivity contribution in [1.29, 1.82) is 0 Å². The maximum Gasteiger partial charge on any atom is 0.244 e. The van der Waals surface area contributed by atoms with Gasteiger partial charge in [0.1, 0.15) is 5.82 Å². The van der Waals surface area contributed by atoms with Gasteiger partial charge in [0.25, 0.3) is 0 Å². The summed E-state index contributed by atoms with van der Waals surface area (Å²) in [4.78, 5) is 18.4. The Hall–Kier alpha value is -2.63. The van der Waals surface area contributed by atoms with Crippen LogP contribution in [0.2, 0.25) is 0 Å². The molecule has 1 aromatic carbocycles. The monoisotopic (exact) mass is 478 g/mol. The van der Waals surface area contributed by atoms with Gasteiger partial charge in [-0.25, -0.2) is 12.8 Å². The van der Waals surface area contributed by atoms with Gasteiger partial charge in [0.15, 0.2) is 0 Å². The summed E-state index contributed by atoms with van der Waals surface area (Å²) < 4.78 is 46.4. The summed E-state index contributed by atoms with van der Waals surface area (Å²) in [6.45, 7) is 5.53. The van der Waals surface area contributed by atoms with Gasteiger partial charge in [0, 0.05) is 30.6 Å². The van der Waals surface area contributed by atoms with Crippen LogP contribution in [0.1, 0.15) is 29.2 Å². The first kappa shape index (κ1) is 22.6. The first-order chi connectivity index (χ1) is 15.1. The molecule has 3 heterocycles. The Morgan fingerprint density at radius 1 is 1.28 bits per heavy atom. The number of piperidine rings is 1. The number of anilines is 1. The minimum atomic E-state index is -3.80. The van der Waals surface area contributed by atoms with Gasteiger partial charge in [0.2, 0.25) is 27.6 Å². The van der Waals surface area contributed by atoms with E-state index in [0.29, 0.717) is 52.1 Å². The number of amides is 1. The van der Waals surface area contributed by atoms with Crippen molar-refractivity contribution in [3.8, 4) is 10.7 Å². The third-order valence-corrected chi connectivity index (χ3v) is 8.61. The van der Waals surface area contributed by atoms with Crippen LogP contribution in [0.25, 0.3) is 10.7 Å². The molecule has 0 aliphatic carbocycles. The number of hydrogen-bond acceptors (Lipinski definition) is 7. The van der Waals surface area contributed by atoms with Gasteiger partial charge in [0.05, 0.1) is 15.7 Å². The zero-order valence-corrected chi connectivity index (χ0v) is 19.5. The van der Waals surface area contributed by atoms with Crippen molar-refractivity contribution in [2.24, 2.45) is 5.92 Å². The lowest BCUT2D eigenvalue weighted by Crippen LogP contribution is -2.43. The molecule has 0 bridgehead atoms. The predicted octanol–water partition coefficient (Wildman–Crippen LogP) is 3.90. The third-order valence-electron chi connectivity index (χ3n) is 5.44. The second-order valence-electron chi connectivity index (χ2n) is 7.82. The molecule has 1 aliphatic rings. The fraction of sp³-hybridized carbons (Fsp3) is 0.381. The molecule has 32 heavy (non-hydrogen) atoms. The van der Waals surface area contributed by atoms with Gasteiger partial charge in [-0.3, -0.25) is 4.79 Å². The molecule has 8 nitrogen and oxygen atoms in total. The molecule has 170 valence electrons. The van der Waals surface area contributed by atoms with Gasteiger partial charge in [-0.05, 0) is 56.5 Å². The number of carbonyl (C=O) groups is 1. The molecule has 1 amide bonds. The highest BCUT2D eigenvalue weighted by Crippen LogP contribution is 2.35. The number of aromatic nitrogens is 2. The summed E-state index contributed by atoms with van der Waals surface area (Å²) in [7, 11) is -3.80. The highest BCUT2D eigenvalue weighted by molar-refractivity contribution is 7.89. The van der Waals surface area contributed by atoms with E-state index in [2.05, 4.69) is 15.5 Å². The molecule has 2 aromatic heterocycles. The molecule has 1 atom stereocenters. The van der Waals surface area contributed by atoms with Crippen molar-refractivity contribution in [3.63, 3.8) is 0 Å². The molecular weight excluding hydrogens is 455 g/mol. The van der Waals surface area contributed by atoms with Crippen molar-refractivity contribution in [2.75, 3.05) is 18.4 Å². The van der Waals surface area contributed by atoms with Crippen LogP contribution in [0.5, 0.6) is 0 Å². The highest BCUT2D eigenvalue weighted by atomic mass is 32.2. The largest absolute Gasteiger partial charge is 0.339 e. The molecule has 3 aromatic rings. The summed E-state index contributed by atoms with van der Waals surface area (Å²) in [6.07, 6.45) is 1.15. The number of halogens is 1. The second kappa shape index (κ2) is 8.72. The van der Waals surface area contributed by atoms with Crippen LogP contribution >= 0.6 is 11.3 Å². The summed E-state index contributed by atoms with van der Waals surface area (Å²) >= 11 is 1.28. The molecule has 11 heteroatoms. The fourth-order valence-corrected chi connectivity index (χ4v) is 6.76. The Kier molecular flexibility index (Phi) is 6.15. The van der Waals surface area contributed by atoms with Crippen molar-refractivity contribution in [3.05, 3.63) is 46.4 Å². The molecule has 1 N–H and O–H groups in total. The molecule has 1 fully saturated rings. The van der Waals surface area contributed by atoms with Gasteiger partial charge in [-0.1, -0.05) is 5.16 Å². The zero-order chi connectivity index (χ0) is 23.0. The minimum absolute atomic E-state index is 0.0837. The van der Waals surface area contributed by atoms with E-state index in [9.17, 15) is 17.6 Å². The number of sulfonamides is 1. The van der Waals surface area contributed by atoms with Gasteiger partial charge in [-0.15, -0.1) is 11.3 Å². The van der Waals surface area contributed by atoms with Crippen molar-refractivity contribution in [1.82, 2.24) is 14.4 Å². The Bertz CT molecular complexity index is 1270. The minimum Gasteiger partial charge on any atom is -0.339 e. The summed E-state index contributed by atoms with van der Waals surface area (Å²) in [5.74, 6) is -0.401. The van der Waals surface area contributed by atoms with E-state index in [-0.39, 0.29) is 23.2 Å². The van der Waals surface area contributed by atoms with E-state index >= 15 is 0 Å². The number of nitrogens with one attached hydrogen (secondary N) is 1. The lowest BCUT2D eigenvalue weighted by molar-refractivity contribution is -0.120. The van der Waals surface area contributed by atoms with Crippen LogP contribution < -0.4 is 5.32 Å². The Morgan fingerprint density at radius 2 is 2.06 bits per heavy atom. The first-order valence-electron chi connectivity index (χ1n) is 10.1. The Balaban J connectivity index is 1.52. The van der Waals surface area contributed by atoms with Crippen molar-refractivity contribution in [2.45, 2.75) is 38.5 Å². The van der Waals surface area contributed by atoms with E-state index < -0.39 is 15.9 Å². The molecule has 0 saturated carbocycles. The number of rotatable bonds is 5. The van der Waals surface area contributed by atoms with Gasteiger partial charge in [-0.2, -0.15) is 9.29 Å². The lowest BCUT2D eigenvalue weighted by Gasteiger charge is -2.31. The first-order valence-corrected chi connectivity index (χ1v) is 12.4. The fourth-order valence-electron chi connectivity index (χ4n) is 3.75. The number of carbonyl (C=O) groups excluding carboxylic acids is 1. The molecular formula is C21H23FN4O4S2. The predicted molar refractivity (Wildman–Crippen MR) is 118 cm³/mol. The molecule has 0 radical (unpaired) electrons. The van der Waals surface area contributed by atoms with Crippen LogP contribution in [-0.2, 0) is 14.8 Å². The smallest absolute Gasteiger partial charge is 0.244 e. The Morgan fingerprint density at radius 3 is 2.75 bits per heavy atom. The van der Waals surface area contributed by atoms with E-state index in [0.717, 1.165) is 0 Å². The number of benzene rings is 1. The van der Waals surface area contributed by atoms with Crippen LogP contribution in [-0.4, -0.2) is 41.9 Å². The number of nitrogens with zero attached hydrogens (tertiary/aromatic N) is 3. The maximum absolute atomic E-state index is 13.4. The molecule has 1 aliphatic heterocycles. The van der Waals surface area contributed by atoms with E-state index in [1.165, 1.54) is 33.8 Å². The summed E-state index contributed by atoms with van der Waals surface area (Å²) in [5, 5.41) is 6.67. The van der Waals surface area contributed by atoms with Crippen LogP contribution in [0, 0.1) is 32.5 Å². The highest BCUT2D eigenvalue weighted by Gasteiger charge is 2.35. The topological polar surface area (TPSA) is 105 Å². The summed E-state index contributed by atoms with van der Waals surface area (Å²) in [6, 6.07) is 5.69. The quantitative estimate of drug-likeness (QED) is 0.596. The molecule has 1 unspecified atom stereocenters. The number of hydrogen-bond donors (Lipinski definition) is 1. The normalized spacial score (nSPS) is 17.4. The second-order valence-corrected chi connectivity index (χ2v) is 11.0. The number of thiophene rings is 1. The molecule has 4 rings (SSSR count). The standard InChI is InChI=1S/C21H23FN4O4S2/c1-12-9-16(22)6-7-17(12)24-21(27)15-5-4-8-26(11-15)32(28,29)19-10-18(31-13(19)2)20-23-14(3)30-25-20/h6-7,9-10,15H,4-5,8,11H2,1-3H3,(H,24,27). The molecule has 1 saturated heterocycles. The van der Waals surface area contributed by atoms with E-state index in [4.69, 9.17) is 4.52 Å². The van der Waals surface area contributed by atoms with Crippen LogP contribution in [0.15, 0.2) is 33.7 Å². The lowest BCUT2D eigenvalue weighted by atomic mass is 9.98. The van der Waals surface area contributed by atoms with Crippen molar-refractivity contribution >= 4 is 33.0 Å². The SMILES string of the molecule is Cc1nc(-c2cc(S(=O)(=O)N3CCCC(C(=O)Nc4ccc(F)cc4C)C3)c(C)s2)no1. The van der Waals surface area contributed by atoms with Gasteiger partial charge < -0.3 is 9.84 Å². The third kappa shape index (κ3) is 4.45. The number of aryl methyl sites for hydroxylation is 3. The van der Waals surface area contributed by atoms with E-state index in [1.807, 2.05) is 0 Å². The maximum atomic E-state index is 13.4. The van der Waals surface area contributed by atoms with Crippen molar-refractivity contribution < 1.29 is 22.1 Å². The van der Waals surface area contributed by atoms with Crippen LogP contribution in [0.4, 0.5) is 10.1 Å². The summed E-state index contributed by atoms with van der Waals surface area (Å²) in [5.41, 5.74) is 1.13. The van der Waals surface area contributed by atoms with E-state index in [1.54, 1.807) is 26.8 Å². The van der Waals surface area contributed by atoms with Gasteiger partial charge >= 0.3 is 0 Å². The van der Waals surface area contributed by atoms with Crippen LogP contribution in [0.3, 0.4) is 0 Å². The average molecular weight is 479 g/mol. The average Bonchev–Trinajstić information content (AvgIpc) is 3.36. The zero-order valence-electron chi connectivity index (χ0n) is 17.9. The molecule has 0 spiro atoms.